The zero-order chi connectivity index (χ0) is 15.4. The molecule has 2 amide bonds. The Kier molecular flexibility index (Phi) is 4.30. The molecule has 22 heavy (non-hydrogen) atoms. The van der Waals surface area contributed by atoms with E-state index in [-0.39, 0.29) is 6.03 Å². The minimum absolute atomic E-state index is 0.265. The van der Waals surface area contributed by atoms with Crippen LogP contribution in [-0.4, -0.2) is 12.6 Å². The number of furan rings is 1. The first-order valence-electron chi connectivity index (χ1n) is 6.98. The van der Waals surface area contributed by atoms with Crippen LogP contribution in [0.3, 0.4) is 0 Å². The van der Waals surface area contributed by atoms with Gasteiger partial charge in [0.2, 0.25) is 0 Å². The summed E-state index contributed by atoms with van der Waals surface area (Å²) < 4.78 is 5.69. The molecule has 0 saturated heterocycles. The average Bonchev–Trinajstić information content (AvgIpc) is 2.90. The third-order valence-electron chi connectivity index (χ3n) is 3.22. The predicted octanol–water partition coefficient (Wildman–Crippen LogP) is 4.45. The Morgan fingerprint density at radius 3 is 2.77 bits per heavy atom. The van der Waals surface area contributed by atoms with Crippen LogP contribution in [0, 0.1) is 0 Å². The summed E-state index contributed by atoms with van der Waals surface area (Å²) in [5.74, 6) is 0.851. The van der Waals surface area contributed by atoms with Crippen LogP contribution >= 0.6 is 11.6 Å². The van der Waals surface area contributed by atoms with Gasteiger partial charge < -0.3 is 15.1 Å². The van der Waals surface area contributed by atoms with E-state index >= 15 is 0 Å². The van der Waals surface area contributed by atoms with Crippen molar-refractivity contribution in [3.05, 3.63) is 65.4 Å². The third-order valence-corrected chi connectivity index (χ3v) is 3.45. The SMILES string of the molecule is O=C(NCCc1cc2ccccc2o1)Nc1cccc(Cl)c1. The summed E-state index contributed by atoms with van der Waals surface area (Å²) in [6.45, 7) is 0.492. The number of urea groups is 1. The summed E-state index contributed by atoms with van der Waals surface area (Å²) in [6.07, 6.45) is 0.637. The molecule has 0 aliphatic heterocycles. The molecule has 2 N–H and O–H groups in total. The lowest BCUT2D eigenvalue weighted by atomic mass is 10.2. The van der Waals surface area contributed by atoms with Gasteiger partial charge in [0.25, 0.3) is 0 Å². The first kappa shape index (κ1) is 14.5. The van der Waals surface area contributed by atoms with Gasteiger partial charge in [-0.2, -0.15) is 0 Å². The average molecular weight is 315 g/mol. The maximum Gasteiger partial charge on any atom is 0.319 e. The second-order valence-electron chi connectivity index (χ2n) is 4.89. The standard InChI is InChI=1S/C17H15ClN2O2/c18-13-5-3-6-14(11-13)20-17(21)19-9-8-15-10-12-4-1-2-7-16(12)22-15/h1-7,10-11H,8-9H2,(H2,19,20,21). The van der Waals surface area contributed by atoms with Crippen molar-refractivity contribution in [2.45, 2.75) is 6.42 Å². The van der Waals surface area contributed by atoms with Crippen molar-refractivity contribution >= 4 is 34.3 Å². The molecule has 0 unspecified atom stereocenters. The Hall–Kier alpha value is -2.46. The van der Waals surface area contributed by atoms with Crippen molar-refractivity contribution in [1.29, 1.82) is 0 Å². The Morgan fingerprint density at radius 2 is 1.95 bits per heavy atom. The fourth-order valence-electron chi connectivity index (χ4n) is 2.20. The van der Waals surface area contributed by atoms with E-state index in [4.69, 9.17) is 16.0 Å². The number of fused-ring (bicyclic) bond motifs is 1. The van der Waals surface area contributed by atoms with Crippen LogP contribution in [-0.2, 0) is 6.42 Å². The molecule has 0 spiro atoms. The van der Waals surface area contributed by atoms with Crippen molar-refractivity contribution in [1.82, 2.24) is 5.32 Å². The maximum atomic E-state index is 11.8. The molecule has 0 bridgehead atoms. The van der Waals surface area contributed by atoms with Crippen LogP contribution in [0.1, 0.15) is 5.76 Å². The number of carbonyl (C=O) groups excluding carboxylic acids is 1. The van der Waals surface area contributed by atoms with Gasteiger partial charge in [-0.1, -0.05) is 35.9 Å². The molecule has 0 saturated carbocycles. The number of carbonyl (C=O) groups is 1. The molecule has 0 aliphatic carbocycles. The van der Waals surface area contributed by atoms with E-state index in [2.05, 4.69) is 10.6 Å². The van der Waals surface area contributed by atoms with E-state index in [0.29, 0.717) is 23.7 Å². The fourth-order valence-corrected chi connectivity index (χ4v) is 2.39. The summed E-state index contributed by atoms with van der Waals surface area (Å²) in [5.41, 5.74) is 1.52. The van der Waals surface area contributed by atoms with Crippen LogP contribution in [0.5, 0.6) is 0 Å². The predicted molar refractivity (Wildman–Crippen MR) is 88.4 cm³/mol. The lowest BCUT2D eigenvalue weighted by Gasteiger charge is -2.07. The smallest absolute Gasteiger partial charge is 0.319 e. The summed E-state index contributed by atoms with van der Waals surface area (Å²) >= 11 is 5.87. The van der Waals surface area contributed by atoms with Gasteiger partial charge in [0.15, 0.2) is 0 Å². The lowest BCUT2D eigenvalue weighted by molar-refractivity contribution is 0.252. The second kappa shape index (κ2) is 6.54. The number of benzene rings is 2. The third kappa shape index (κ3) is 3.59. The molecule has 4 nitrogen and oxygen atoms in total. The summed E-state index contributed by atoms with van der Waals surface area (Å²) in [7, 11) is 0. The van der Waals surface area contributed by atoms with E-state index in [1.165, 1.54) is 0 Å². The molecule has 1 heterocycles. The number of anilines is 1. The number of rotatable bonds is 4. The van der Waals surface area contributed by atoms with Gasteiger partial charge in [-0.25, -0.2) is 4.79 Å². The van der Waals surface area contributed by atoms with Crippen molar-refractivity contribution in [3.8, 4) is 0 Å². The Morgan fingerprint density at radius 1 is 1.09 bits per heavy atom. The zero-order valence-electron chi connectivity index (χ0n) is 11.8. The van der Waals surface area contributed by atoms with Crippen LogP contribution in [0.4, 0.5) is 10.5 Å². The van der Waals surface area contributed by atoms with E-state index in [9.17, 15) is 4.79 Å². The van der Waals surface area contributed by atoms with Crippen molar-refractivity contribution < 1.29 is 9.21 Å². The number of amides is 2. The Labute approximate surface area is 133 Å². The number of para-hydroxylation sites is 1. The van der Waals surface area contributed by atoms with Gasteiger partial charge in [-0.05, 0) is 30.3 Å². The van der Waals surface area contributed by atoms with E-state index < -0.39 is 0 Å². The number of hydrogen-bond acceptors (Lipinski definition) is 2. The van der Waals surface area contributed by atoms with Gasteiger partial charge in [0.1, 0.15) is 11.3 Å². The number of halogens is 1. The summed E-state index contributed by atoms with van der Waals surface area (Å²) in [4.78, 5) is 11.8. The first-order valence-corrected chi connectivity index (χ1v) is 7.36. The molecular formula is C17H15ClN2O2. The molecular weight excluding hydrogens is 300 g/mol. The first-order chi connectivity index (χ1) is 10.7. The lowest BCUT2D eigenvalue weighted by Crippen LogP contribution is -2.30. The molecule has 3 aromatic rings. The molecule has 2 aromatic carbocycles. The zero-order valence-corrected chi connectivity index (χ0v) is 12.6. The molecule has 0 fully saturated rings. The molecule has 3 rings (SSSR count). The van der Waals surface area contributed by atoms with Crippen molar-refractivity contribution in [2.24, 2.45) is 0 Å². The van der Waals surface area contributed by atoms with Gasteiger partial charge in [-0.3, -0.25) is 0 Å². The van der Waals surface area contributed by atoms with E-state index in [1.807, 2.05) is 30.3 Å². The molecule has 5 heteroatoms. The highest BCUT2D eigenvalue weighted by atomic mass is 35.5. The van der Waals surface area contributed by atoms with Crippen LogP contribution < -0.4 is 10.6 Å². The van der Waals surface area contributed by atoms with Crippen molar-refractivity contribution in [3.63, 3.8) is 0 Å². The second-order valence-corrected chi connectivity index (χ2v) is 5.33. The number of nitrogens with one attached hydrogen (secondary N) is 2. The van der Waals surface area contributed by atoms with Gasteiger partial charge in [0.05, 0.1) is 0 Å². The normalized spacial score (nSPS) is 10.6. The largest absolute Gasteiger partial charge is 0.461 e. The molecule has 0 radical (unpaired) electrons. The summed E-state index contributed by atoms with van der Waals surface area (Å²) in [6, 6.07) is 16.6. The minimum Gasteiger partial charge on any atom is -0.461 e. The topological polar surface area (TPSA) is 54.3 Å². The highest BCUT2D eigenvalue weighted by Crippen LogP contribution is 2.19. The van der Waals surface area contributed by atoms with Gasteiger partial charge >= 0.3 is 6.03 Å². The quantitative estimate of drug-likeness (QED) is 0.747. The highest BCUT2D eigenvalue weighted by Gasteiger charge is 2.05. The van der Waals surface area contributed by atoms with Gasteiger partial charge in [0, 0.05) is 29.1 Å². The molecule has 112 valence electrons. The van der Waals surface area contributed by atoms with Crippen LogP contribution in [0.25, 0.3) is 11.0 Å². The van der Waals surface area contributed by atoms with Crippen LogP contribution in [0.15, 0.2) is 59.0 Å². The van der Waals surface area contributed by atoms with Crippen molar-refractivity contribution in [2.75, 3.05) is 11.9 Å². The van der Waals surface area contributed by atoms with E-state index in [0.717, 1.165) is 16.7 Å². The minimum atomic E-state index is -0.265. The Balaban J connectivity index is 1.51. The monoisotopic (exact) mass is 314 g/mol. The molecule has 1 aromatic heterocycles. The molecule has 0 aliphatic rings. The number of hydrogen-bond donors (Lipinski definition) is 2. The Bertz CT molecular complexity index is 765. The summed E-state index contributed by atoms with van der Waals surface area (Å²) in [5, 5.41) is 7.17. The fraction of sp³-hybridized carbons (Fsp3) is 0.118. The van der Waals surface area contributed by atoms with Gasteiger partial charge in [-0.15, -0.1) is 0 Å². The van der Waals surface area contributed by atoms with E-state index in [1.54, 1.807) is 24.3 Å². The maximum absolute atomic E-state index is 11.8. The highest BCUT2D eigenvalue weighted by molar-refractivity contribution is 6.30. The van der Waals surface area contributed by atoms with Crippen LogP contribution in [0.2, 0.25) is 5.02 Å². The molecule has 0 atom stereocenters.